The Balaban J connectivity index is 1.30. The number of piperidine rings is 1. The van der Waals surface area contributed by atoms with E-state index in [0.29, 0.717) is 25.5 Å². The number of aryl methyl sites for hydroxylation is 1. The van der Waals surface area contributed by atoms with Gasteiger partial charge >= 0.3 is 11.8 Å². The Labute approximate surface area is 216 Å². The van der Waals surface area contributed by atoms with Crippen LogP contribution in [-0.4, -0.2) is 63.8 Å². The number of imidazole rings is 1. The summed E-state index contributed by atoms with van der Waals surface area (Å²) < 4.78 is 14.5. The maximum Gasteiger partial charge on any atom is 0.410 e. The first-order valence-electron chi connectivity index (χ1n) is 13.0. The number of imide groups is 1. The fraction of sp³-hybridized carbons (Fsp3) is 0.630. The van der Waals surface area contributed by atoms with Crippen molar-refractivity contribution in [1.29, 1.82) is 0 Å². The van der Waals surface area contributed by atoms with Crippen LogP contribution in [0, 0.1) is 5.92 Å². The lowest BCUT2D eigenvalue weighted by molar-refractivity contribution is -0.135. The molecule has 1 aromatic carbocycles. The third kappa shape index (κ3) is 6.06. The van der Waals surface area contributed by atoms with E-state index in [1.54, 1.807) is 23.6 Å². The average Bonchev–Trinajstić information content (AvgIpc) is 3.04. The lowest BCUT2D eigenvalue weighted by Crippen LogP contribution is -2.44. The lowest BCUT2D eigenvalue weighted by atomic mass is 9.78. The van der Waals surface area contributed by atoms with E-state index in [9.17, 15) is 19.2 Å². The van der Waals surface area contributed by atoms with Crippen molar-refractivity contribution in [2.75, 3.05) is 20.2 Å². The molecular weight excluding hydrogens is 476 g/mol. The molecular formula is C27H38N4O6. The highest BCUT2D eigenvalue weighted by molar-refractivity contribution is 6.00. The van der Waals surface area contributed by atoms with Crippen LogP contribution in [0.3, 0.4) is 0 Å². The summed E-state index contributed by atoms with van der Waals surface area (Å²) >= 11 is 0. The van der Waals surface area contributed by atoms with Gasteiger partial charge in [-0.3, -0.25) is 24.0 Å². The molecule has 1 atom stereocenters. The molecule has 1 aromatic heterocycles. The minimum Gasteiger partial charge on any atom is -0.444 e. The van der Waals surface area contributed by atoms with E-state index in [2.05, 4.69) is 5.32 Å². The Morgan fingerprint density at radius 3 is 2.59 bits per heavy atom. The Kier molecular flexibility index (Phi) is 7.77. The van der Waals surface area contributed by atoms with Crippen molar-refractivity contribution in [3.05, 3.63) is 34.2 Å². The molecule has 10 nitrogen and oxygen atoms in total. The molecule has 0 bridgehead atoms. The van der Waals surface area contributed by atoms with Crippen LogP contribution in [0.4, 0.5) is 4.79 Å². The van der Waals surface area contributed by atoms with Crippen molar-refractivity contribution in [3.8, 4) is 0 Å². The van der Waals surface area contributed by atoms with Crippen molar-refractivity contribution in [2.24, 2.45) is 13.0 Å². The largest absolute Gasteiger partial charge is 0.444 e. The van der Waals surface area contributed by atoms with Gasteiger partial charge in [0.1, 0.15) is 11.6 Å². The van der Waals surface area contributed by atoms with Gasteiger partial charge in [-0.15, -0.1) is 0 Å². The average molecular weight is 515 g/mol. The molecule has 2 aliphatic rings. The summed E-state index contributed by atoms with van der Waals surface area (Å²) in [6.45, 7) is 6.71. The van der Waals surface area contributed by atoms with Crippen LogP contribution in [0.15, 0.2) is 23.0 Å². The van der Waals surface area contributed by atoms with E-state index in [0.717, 1.165) is 42.3 Å². The highest BCUT2D eigenvalue weighted by Gasteiger charge is 2.33. The minimum absolute atomic E-state index is 0.202. The topological polar surface area (TPSA) is 112 Å². The van der Waals surface area contributed by atoms with Crippen LogP contribution in [0.2, 0.25) is 0 Å². The van der Waals surface area contributed by atoms with E-state index in [1.165, 1.54) is 4.57 Å². The number of fused-ring (bicyclic) bond motifs is 1. The van der Waals surface area contributed by atoms with Gasteiger partial charge in [0, 0.05) is 33.7 Å². The van der Waals surface area contributed by atoms with Gasteiger partial charge in [-0.1, -0.05) is 12.1 Å². The number of nitrogens with zero attached hydrogens (tertiary/aromatic N) is 3. The summed E-state index contributed by atoms with van der Waals surface area (Å²) in [7, 11) is 3.46. The molecule has 0 radical (unpaired) electrons. The number of amides is 3. The smallest absolute Gasteiger partial charge is 0.410 e. The number of hydrogen-bond donors (Lipinski definition) is 1. The predicted molar refractivity (Wildman–Crippen MR) is 138 cm³/mol. The zero-order chi connectivity index (χ0) is 26.9. The Bertz CT molecular complexity index is 1230. The lowest BCUT2D eigenvalue weighted by Gasteiger charge is -2.35. The molecule has 1 aliphatic heterocycles. The van der Waals surface area contributed by atoms with Crippen molar-refractivity contribution < 1.29 is 23.9 Å². The van der Waals surface area contributed by atoms with Crippen LogP contribution in [0.5, 0.6) is 0 Å². The second kappa shape index (κ2) is 10.7. The van der Waals surface area contributed by atoms with Crippen LogP contribution < -0.4 is 11.0 Å². The van der Waals surface area contributed by atoms with E-state index < -0.39 is 17.6 Å². The minimum atomic E-state index is -0.681. The Morgan fingerprint density at radius 2 is 1.92 bits per heavy atom. The Hall–Kier alpha value is -3.14. The molecule has 1 saturated heterocycles. The van der Waals surface area contributed by atoms with Crippen molar-refractivity contribution in [1.82, 2.24) is 19.4 Å². The number of nitrogens with one attached hydrogen (secondary N) is 1. The summed E-state index contributed by atoms with van der Waals surface area (Å²) in [4.78, 5) is 50.7. The van der Waals surface area contributed by atoms with Gasteiger partial charge in [-0.05, 0) is 70.4 Å². The van der Waals surface area contributed by atoms with Gasteiger partial charge in [0.2, 0.25) is 11.8 Å². The summed E-state index contributed by atoms with van der Waals surface area (Å²) in [5.41, 5.74) is 1.88. The third-order valence-corrected chi connectivity index (χ3v) is 7.11. The van der Waals surface area contributed by atoms with E-state index in [-0.39, 0.29) is 30.2 Å². The van der Waals surface area contributed by atoms with Gasteiger partial charge in [-0.25, -0.2) is 9.59 Å². The van der Waals surface area contributed by atoms with Gasteiger partial charge in [0.25, 0.3) is 0 Å². The highest BCUT2D eigenvalue weighted by Crippen LogP contribution is 2.35. The van der Waals surface area contributed by atoms with Crippen LogP contribution in [-0.2, 0) is 32.5 Å². The number of rotatable bonds is 8. The standard InChI is InChI=1S/C27H38N4O6/c1-27(2,3)37-26(35)29(4)12-7-13-36-19-15-17(16-19)14-18-8-6-9-20-23(18)30(5)25(34)31(20)21-10-11-22(32)28-24(21)33/h6,8-9,17,19,21H,7,10-16H2,1-5H3,(H,28,32,33)/t17?,19?,21-/m1/s1. The fourth-order valence-corrected chi connectivity index (χ4v) is 5.19. The summed E-state index contributed by atoms with van der Waals surface area (Å²) in [6.07, 6.45) is 3.87. The van der Waals surface area contributed by atoms with Crippen molar-refractivity contribution in [2.45, 2.75) is 77.0 Å². The number of para-hydroxylation sites is 1. The van der Waals surface area contributed by atoms with Crippen LogP contribution in [0.1, 0.15) is 64.5 Å². The maximum atomic E-state index is 13.1. The number of hydrogen-bond acceptors (Lipinski definition) is 6. The second-order valence-electron chi connectivity index (χ2n) is 11.3. The number of ether oxygens (including phenoxy) is 2. The molecule has 202 valence electrons. The first-order valence-corrected chi connectivity index (χ1v) is 13.0. The zero-order valence-corrected chi connectivity index (χ0v) is 22.4. The summed E-state index contributed by atoms with van der Waals surface area (Å²) in [6, 6.07) is 5.15. The molecule has 4 rings (SSSR count). The second-order valence-corrected chi connectivity index (χ2v) is 11.3. The summed E-state index contributed by atoms with van der Waals surface area (Å²) in [5.74, 6) is -0.270. The molecule has 10 heteroatoms. The normalized spacial score (nSPS) is 22.0. The highest BCUT2D eigenvalue weighted by atomic mass is 16.6. The summed E-state index contributed by atoms with van der Waals surface area (Å²) in [5, 5.41) is 2.35. The molecule has 1 aliphatic carbocycles. The quantitative estimate of drug-likeness (QED) is 0.428. The number of carbonyl (C=O) groups is 3. The predicted octanol–water partition coefficient (Wildman–Crippen LogP) is 2.91. The molecule has 0 spiro atoms. The molecule has 3 amide bonds. The SMILES string of the molecule is CN(CCCOC1CC(Cc2cccc3c2n(C)c(=O)n3[C@@H]2CCC(=O)NC2=O)C1)C(=O)OC(C)(C)C. The van der Waals surface area contributed by atoms with Crippen LogP contribution >= 0.6 is 0 Å². The van der Waals surface area contributed by atoms with Gasteiger partial charge in [0.05, 0.1) is 17.1 Å². The monoisotopic (exact) mass is 514 g/mol. The molecule has 2 aromatic rings. The molecule has 1 saturated carbocycles. The van der Waals surface area contributed by atoms with Crippen LogP contribution in [0.25, 0.3) is 11.0 Å². The van der Waals surface area contributed by atoms with E-state index in [4.69, 9.17) is 9.47 Å². The van der Waals surface area contributed by atoms with Crippen molar-refractivity contribution in [3.63, 3.8) is 0 Å². The molecule has 2 heterocycles. The zero-order valence-electron chi connectivity index (χ0n) is 22.4. The molecule has 0 unspecified atom stereocenters. The third-order valence-electron chi connectivity index (χ3n) is 7.11. The fourth-order valence-electron chi connectivity index (χ4n) is 5.19. The number of carbonyl (C=O) groups excluding carboxylic acids is 3. The van der Waals surface area contributed by atoms with Crippen molar-refractivity contribution >= 4 is 28.9 Å². The molecule has 37 heavy (non-hydrogen) atoms. The van der Waals surface area contributed by atoms with Gasteiger partial charge < -0.3 is 14.4 Å². The first kappa shape index (κ1) is 26.9. The first-order chi connectivity index (χ1) is 17.4. The van der Waals surface area contributed by atoms with Gasteiger partial charge in [-0.2, -0.15) is 0 Å². The molecule has 2 fully saturated rings. The Morgan fingerprint density at radius 1 is 1.19 bits per heavy atom. The maximum absolute atomic E-state index is 13.1. The number of benzene rings is 1. The van der Waals surface area contributed by atoms with E-state index >= 15 is 0 Å². The molecule has 1 N–H and O–H groups in total. The van der Waals surface area contributed by atoms with Gasteiger partial charge in [0.15, 0.2) is 0 Å². The van der Waals surface area contributed by atoms with E-state index in [1.807, 2.05) is 39.0 Å². The number of aromatic nitrogens is 2.